The smallest absolute Gasteiger partial charge is 0.189 e. The van der Waals surface area contributed by atoms with E-state index >= 15 is 0 Å². The lowest BCUT2D eigenvalue weighted by Crippen LogP contribution is -2.51. The molecule has 0 saturated carbocycles. The van der Waals surface area contributed by atoms with E-state index < -0.39 is 0 Å². The van der Waals surface area contributed by atoms with Crippen molar-refractivity contribution in [2.24, 2.45) is 5.10 Å². The second-order valence-corrected chi connectivity index (χ2v) is 7.73. The summed E-state index contributed by atoms with van der Waals surface area (Å²) in [6.07, 6.45) is 3.31. The number of benzene rings is 2. The molecule has 1 aliphatic heterocycles. The highest BCUT2D eigenvalue weighted by atomic mass is 35.5. The average Bonchev–Trinajstić information content (AvgIpc) is 2.75. The van der Waals surface area contributed by atoms with Gasteiger partial charge in [-0.25, -0.2) is 4.98 Å². The summed E-state index contributed by atoms with van der Waals surface area (Å²) in [6, 6.07) is 13.4. The summed E-state index contributed by atoms with van der Waals surface area (Å²) in [6.45, 7) is 3.24. The molecule has 1 fully saturated rings. The van der Waals surface area contributed by atoms with Gasteiger partial charge in [0, 0.05) is 31.9 Å². The molecule has 148 valence electrons. The zero-order valence-electron chi connectivity index (χ0n) is 15.4. The molecule has 9 heteroatoms. The van der Waals surface area contributed by atoms with E-state index in [1.54, 1.807) is 12.4 Å². The number of hydrogen-bond acceptors (Lipinski definition) is 5. The first-order valence-electron chi connectivity index (χ1n) is 9.10. The van der Waals surface area contributed by atoms with Crippen molar-refractivity contribution < 1.29 is 0 Å². The van der Waals surface area contributed by atoms with Crippen molar-refractivity contribution in [2.45, 2.75) is 0 Å². The van der Waals surface area contributed by atoms with Crippen LogP contribution in [-0.2, 0) is 0 Å². The van der Waals surface area contributed by atoms with E-state index in [9.17, 15) is 0 Å². The summed E-state index contributed by atoms with van der Waals surface area (Å²) < 4.78 is 0. The van der Waals surface area contributed by atoms with Gasteiger partial charge in [-0.2, -0.15) is 5.10 Å². The highest BCUT2D eigenvalue weighted by Gasteiger charge is 2.19. The molecule has 4 rings (SSSR count). The molecular formula is C20H18Cl2N6S. The SMILES string of the molecule is S=C(N/N=C\c1cnc2ccccc2n1)N1CCN(c2ccc(Cl)c(Cl)c2)CC1. The molecule has 2 heterocycles. The Morgan fingerprint density at radius 1 is 1.03 bits per heavy atom. The Balaban J connectivity index is 1.31. The maximum absolute atomic E-state index is 6.13. The Hall–Kier alpha value is -2.48. The molecule has 0 amide bonds. The minimum absolute atomic E-state index is 0.563. The van der Waals surface area contributed by atoms with Gasteiger partial charge in [-0.15, -0.1) is 0 Å². The van der Waals surface area contributed by atoms with Gasteiger partial charge in [0.25, 0.3) is 0 Å². The Kier molecular flexibility index (Phi) is 6.08. The van der Waals surface area contributed by atoms with Gasteiger partial charge in [0.1, 0.15) is 5.69 Å². The van der Waals surface area contributed by atoms with Crippen molar-refractivity contribution in [3.63, 3.8) is 0 Å². The first-order chi connectivity index (χ1) is 14.1. The van der Waals surface area contributed by atoms with Gasteiger partial charge in [0.15, 0.2) is 5.11 Å². The van der Waals surface area contributed by atoms with Crippen molar-refractivity contribution in [2.75, 3.05) is 31.1 Å². The van der Waals surface area contributed by atoms with Gasteiger partial charge in [-0.1, -0.05) is 35.3 Å². The van der Waals surface area contributed by atoms with E-state index in [0.717, 1.165) is 42.9 Å². The third-order valence-corrected chi connectivity index (χ3v) is 5.75. The Labute approximate surface area is 184 Å². The third-order valence-electron chi connectivity index (χ3n) is 4.66. The molecule has 1 N–H and O–H groups in total. The summed E-state index contributed by atoms with van der Waals surface area (Å²) in [7, 11) is 0. The predicted molar refractivity (Wildman–Crippen MR) is 123 cm³/mol. The molecule has 6 nitrogen and oxygen atoms in total. The number of thiocarbonyl (C=S) groups is 1. The fourth-order valence-electron chi connectivity index (χ4n) is 3.11. The summed E-state index contributed by atoms with van der Waals surface area (Å²) >= 11 is 17.6. The van der Waals surface area contributed by atoms with Crippen LogP contribution < -0.4 is 10.3 Å². The van der Waals surface area contributed by atoms with Gasteiger partial charge in [0.05, 0.1) is 33.5 Å². The van der Waals surface area contributed by atoms with E-state index in [0.29, 0.717) is 20.9 Å². The second kappa shape index (κ2) is 8.90. The first-order valence-corrected chi connectivity index (χ1v) is 10.3. The Morgan fingerprint density at radius 2 is 1.79 bits per heavy atom. The molecule has 0 bridgehead atoms. The van der Waals surface area contributed by atoms with Gasteiger partial charge < -0.3 is 9.80 Å². The molecule has 3 aromatic rings. The summed E-state index contributed by atoms with van der Waals surface area (Å²) in [5.41, 5.74) is 6.34. The van der Waals surface area contributed by atoms with Crippen molar-refractivity contribution in [1.82, 2.24) is 20.3 Å². The first kappa shape index (κ1) is 19.8. The standard InChI is InChI=1S/C20H18Cl2N6S/c21-16-6-5-15(11-17(16)22)27-7-9-28(10-8-27)20(29)26-24-13-14-12-23-18-3-1-2-4-19(18)25-14/h1-6,11-13H,7-10H2,(H,26,29)/b24-13-. The zero-order valence-corrected chi connectivity index (χ0v) is 17.8. The number of anilines is 1. The molecule has 0 atom stereocenters. The van der Waals surface area contributed by atoms with Gasteiger partial charge in [0.2, 0.25) is 0 Å². The lowest BCUT2D eigenvalue weighted by molar-refractivity contribution is 0.381. The van der Waals surface area contributed by atoms with Crippen LogP contribution in [0.5, 0.6) is 0 Å². The number of halogens is 2. The zero-order chi connectivity index (χ0) is 20.2. The fraction of sp³-hybridized carbons (Fsp3) is 0.200. The van der Waals surface area contributed by atoms with Crippen molar-refractivity contribution in [3.8, 4) is 0 Å². The van der Waals surface area contributed by atoms with Crippen LogP contribution in [0.3, 0.4) is 0 Å². The van der Waals surface area contributed by atoms with Crippen LogP contribution in [0.25, 0.3) is 11.0 Å². The number of para-hydroxylation sites is 2. The van der Waals surface area contributed by atoms with Crippen molar-refractivity contribution in [1.29, 1.82) is 0 Å². The molecule has 29 heavy (non-hydrogen) atoms. The number of hydrazone groups is 1. The number of rotatable bonds is 3. The van der Waals surface area contributed by atoms with Crippen LogP contribution in [0.15, 0.2) is 53.8 Å². The quantitative estimate of drug-likeness (QED) is 0.374. The molecule has 1 aliphatic rings. The maximum Gasteiger partial charge on any atom is 0.189 e. The van der Waals surface area contributed by atoms with Gasteiger partial charge in [-0.05, 0) is 42.5 Å². The number of fused-ring (bicyclic) bond motifs is 1. The highest BCUT2D eigenvalue weighted by Crippen LogP contribution is 2.27. The minimum atomic E-state index is 0.563. The summed E-state index contributed by atoms with van der Waals surface area (Å²) in [5.74, 6) is 0. The van der Waals surface area contributed by atoms with E-state index in [1.165, 1.54) is 0 Å². The maximum atomic E-state index is 6.13. The fourth-order valence-corrected chi connectivity index (χ4v) is 3.64. The van der Waals surface area contributed by atoms with Crippen LogP contribution in [0, 0.1) is 0 Å². The Morgan fingerprint density at radius 3 is 2.55 bits per heavy atom. The molecule has 1 aromatic heterocycles. The van der Waals surface area contributed by atoms with E-state index in [-0.39, 0.29) is 0 Å². The van der Waals surface area contributed by atoms with Crippen LogP contribution in [-0.4, -0.2) is 52.4 Å². The van der Waals surface area contributed by atoms with Crippen molar-refractivity contribution >= 4 is 63.5 Å². The number of nitrogens with one attached hydrogen (secondary N) is 1. The van der Waals surface area contributed by atoms with Crippen molar-refractivity contribution in [3.05, 3.63) is 64.4 Å². The number of nitrogens with zero attached hydrogens (tertiary/aromatic N) is 5. The lowest BCUT2D eigenvalue weighted by atomic mass is 10.2. The number of piperazine rings is 1. The topological polar surface area (TPSA) is 56.7 Å². The molecule has 0 spiro atoms. The highest BCUT2D eigenvalue weighted by molar-refractivity contribution is 7.80. The average molecular weight is 445 g/mol. The monoisotopic (exact) mass is 444 g/mol. The van der Waals surface area contributed by atoms with E-state index in [2.05, 4.69) is 30.3 Å². The molecule has 0 aliphatic carbocycles. The second-order valence-electron chi connectivity index (χ2n) is 6.53. The molecule has 1 saturated heterocycles. The number of aromatic nitrogens is 2. The predicted octanol–water partition coefficient (Wildman–Crippen LogP) is 3.97. The molecular weight excluding hydrogens is 427 g/mol. The van der Waals surface area contributed by atoms with E-state index in [1.807, 2.05) is 42.5 Å². The minimum Gasteiger partial charge on any atom is -0.368 e. The lowest BCUT2D eigenvalue weighted by Gasteiger charge is -2.37. The summed E-state index contributed by atoms with van der Waals surface area (Å²) in [4.78, 5) is 13.2. The van der Waals surface area contributed by atoms with E-state index in [4.69, 9.17) is 35.4 Å². The molecule has 0 radical (unpaired) electrons. The van der Waals surface area contributed by atoms with Gasteiger partial charge in [-0.3, -0.25) is 10.4 Å². The van der Waals surface area contributed by atoms with Crippen LogP contribution >= 0.6 is 35.4 Å². The Bertz CT molecular complexity index is 1070. The van der Waals surface area contributed by atoms with Crippen LogP contribution in [0.2, 0.25) is 10.0 Å². The largest absolute Gasteiger partial charge is 0.368 e. The summed E-state index contributed by atoms with van der Waals surface area (Å²) in [5, 5.41) is 5.93. The number of hydrogen-bond donors (Lipinski definition) is 1. The normalized spacial score (nSPS) is 14.6. The van der Waals surface area contributed by atoms with Crippen LogP contribution in [0.1, 0.15) is 5.69 Å². The molecule has 0 unspecified atom stereocenters. The van der Waals surface area contributed by atoms with Gasteiger partial charge >= 0.3 is 0 Å². The molecule has 2 aromatic carbocycles. The van der Waals surface area contributed by atoms with Crippen LogP contribution in [0.4, 0.5) is 5.69 Å². The third kappa shape index (κ3) is 4.75.